The van der Waals surface area contributed by atoms with E-state index in [1.54, 1.807) is 6.92 Å². The van der Waals surface area contributed by atoms with Crippen LogP contribution in [0.25, 0.3) is 0 Å². The van der Waals surface area contributed by atoms with E-state index in [9.17, 15) is 4.79 Å². The fraction of sp³-hybridized carbons (Fsp3) is 0.375. The molecule has 1 amide bonds. The first-order valence-electron chi connectivity index (χ1n) is 3.87. The number of aliphatic hydroxyl groups is 1. The highest BCUT2D eigenvalue weighted by Gasteiger charge is 2.08. The average molecular weight is 181 g/mol. The number of aromatic nitrogens is 2. The number of rotatable bonds is 2. The Balaban J connectivity index is 2.65. The van der Waals surface area contributed by atoms with Crippen LogP contribution in [0.1, 0.15) is 12.7 Å². The standard InChI is InChI=1S/C8H11N3O2/c1-5(12)8(13)11-7-3-9-6(2)10-4-7/h3-5,12H,1-2H3,(H,11,13)/t5-/m1/s1. The van der Waals surface area contributed by atoms with Gasteiger partial charge in [-0.05, 0) is 13.8 Å². The summed E-state index contributed by atoms with van der Waals surface area (Å²) in [6.45, 7) is 3.14. The lowest BCUT2D eigenvalue weighted by Gasteiger charge is -2.05. The van der Waals surface area contributed by atoms with Crippen molar-refractivity contribution in [1.82, 2.24) is 9.97 Å². The van der Waals surface area contributed by atoms with E-state index in [-0.39, 0.29) is 0 Å². The van der Waals surface area contributed by atoms with E-state index in [1.807, 2.05) is 0 Å². The van der Waals surface area contributed by atoms with Crippen molar-refractivity contribution >= 4 is 11.6 Å². The van der Waals surface area contributed by atoms with Crippen molar-refractivity contribution in [3.05, 3.63) is 18.2 Å². The monoisotopic (exact) mass is 181 g/mol. The number of nitrogens with one attached hydrogen (secondary N) is 1. The number of nitrogens with zero attached hydrogens (tertiary/aromatic N) is 2. The van der Waals surface area contributed by atoms with Crippen molar-refractivity contribution in [3.8, 4) is 0 Å². The predicted molar refractivity (Wildman–Crippen MR) is 47.1 cm³/mol. The van der Waals surface area contributed by atoms with Crippen LogP contribution in [0.4, 0.5) is 5.69 Å². The van der Waals surface area contributed by atoms with E-state index < -0.39 is 12.0 Å². The largest absolute Gasteiger partial charge is 0.384 e. The highest BCUT2D eigenvalue weighted by molar-refractivity contribution is 5.93. The van der Waals surface area contributed by atoms with E-state index in [2.05, 4.69) is 15.3 Å². The van der Waals surface area contributed by atoms with Crippen molar-refractivity contribution in [2.45, 2.75) is 20.0 Å². The van der Waals surface area contributed by atoms with Crippen LogP contribution in [-0.2, 0) is 4.79 Å². The summed E-state index contributed by atoms with van der Waals surface area (Å²) >= 11 is 0. The van der Waals surface area contributed by atoms with Crippen LogP contribution in [0.15, 0.2) is 12.4 Å². The normalized spacial score (nSPS) is 12.2. The number of hydrogen-bond donors (Lipinski definition) is 2. The first kappa shape index (κ1) is 9.60. The molecular weight excluding hydrogens is 170 g/mol. The number of carbonyl (C=O) groups is 1. The maximum absolute atomic E-state index is 11.0. The van der Waals surface area contributed by atoms with Crippen molar-refractivity contribution in [1.29, 1.82) is 0 Å². The average Bonchev–Trinajstić information content (AvgIpc) is 2.08. The zero-order chi connectivity index (χ0) is 9.84. The summed E-state index contributed by atoms with van der Waals surface area (Å²) < 4.78 is 0. The second kappa shape index (κ2) is 3.95. The van der Waals surface area contributed by atoms with Crippen LogP contribution in [0, 0.1) is 6.92 Å². The van der Waals surface area contributed by atoms with Gasteiger partial charge in [0.1, 0.15) is 11.9 Å². The van der Waals surface area contributed by atoms with Crippen molar-refractivity contribution in [2.24, 2.45) is 0 Å². The topological polar surface area (TPSA) is 75.1 Å². The number of amides is 1. The molecule has 1 atom stereocenters. The summed E-state index contributed by atoms with van der Waals surface area (Å²) in [6, 6.07) is 0. The van der Waals surface area contributed by atoms with Gasteiger partial charge >= 0.3 is 0 Å². The van der Waals surface area contributed by atoms with Gasteiger partial charge in [0.2, 0.25) is 0 Å². The Bertz CT molecular complexity index is 295. The lowest BCUT2D eigenvalue weighted by molar-refractivity contribution is -0.123. The number of hydrogen-bond acceptors (Lipinski definition) is 4. The first-order chi connectivity index (χ1) is 6.09. The summed E-state index contributed by atoms with van der Waals surface area (Å²) in [5.41, 5.74) is 0.483. The SMILES string of the molecule is Cc1ncc(NC(=O)[C@@H](C)O)cn1. The molecule has 13 heavy (non-hydrogen) atoms. The van der Waals surface area contributed by atoms with E-state index in [0.29, 0.717) is 11.5 Å². The van der Waals surface area contributed by atoms with Gasteiger partial charge < -0.3 is 10.4 Å². The Morgan fingerprint density at radius 2 is 2.08 bits per heavy atom. The minimum absolute atomic E-state index is 0.465. The van der Waals surface area contributed by atoms with E-state index in [0.717, 1.165) is 0 Å². The summed E-state index contributed by atoms with van der Waals surface area (Å²) in [5.74, 6) is 0.169. The third-order valence-corrected chi connectivity index (χ3v) is 1.43. The molecule has 1 aromatic rings. The molecule has 0 fully saturated rings. The van der Waals surface area contributed by atoms with Crippen LogP contribution < -0.4 is 5.32 Å². The summed E-state index contributed by atoms with van der Waals surface area (Å²) in [5, 5.41) is 11.3. The van der Waals surface area contributed by atoms with Gasteiger partial charge in [-0.25, -0.2) is 9.97 Å². The van der Waals surface area contributed by atoms with Gasteiger partial charge in [0, 0.05) is 0 Å². The molecule has 0 aliphatic carbocycles. The zero-order valence-electron chi connectivity index (χ0n) is 7.48. The molecule has 2 N–H and O–H groups in total. The Kier molecular flexibility index (Phi) is 2.92. The minimum Gasteiger partial charge on any atom is -0.384 e. The number of carbonyl (C=O) groups excluding carboxylic acids is 1. The number of anilines is 1. The molecule has 5 nitrogen and oxygen atoms in total. The zero-order valence-corrected chi connectivity index (χ0v) is 7.48. The Morgan fingerprint density at radius 1 is 1.54 bits per heavy atom. The molecule has 0 radical (unpaired) electrons. The number of aryl methyl sites for hydroxylation is 1. The van der Waals surface area contributed by atoms with Gasteiger partial charge in [-0.3, -0.25) is 4.79 Å². The van der Waals surface area contributed by atoms with E-state index in [1.165, 1.54) is 19.3 Å². The van der Waals surface area contributed by atoms with E-state index >= 15 is 0 Å². The summed E-state index contributed by atoms with van der Waals surface area (Å²) in [4.78, 5) is 18.7. The smallest absolute Gasteiger partial charge is 0.253 e. The van der Waals surface area contributed by atoms with Gasteiger partial charge in [-0.15, -0.1) is 0 Å². The van der Waals surface area contributed by atoms with Gasteiger partial charge in [-0.2, -0.15) is 0 Å². The highest BCUT2D eigenvalue weighted by Crippen LogP contribution is 2.02. The lowest BCUT2D eigenvalue weighted by Crippen LogP contribution is -2.24. The van der Waals surface area contributed by atoms with E-state index in [4.69, 9.17) is 5.11 Å². The maximum Gasteiger partial charge on any atom is 0.253 e. The fourth-order valence-corrected chi connectivity index (χ4v) is 0.704. The second-order valence-corrected chi connectivity index (χ2v) is 2.68. The molecule has 70 valence electrons. The third-order valence-electron chi connectivity index (χ3n) is 1.43. The van der Waals surface area contributed by atoms with Crippen molar-refractivity contribution in [2.75, 3.05) is 5.32 Å². The first-order valence-corrected chi connectivity index (χ1v) is 3.87. The van der Waals surface area contributed by atoms with Gasteiger partial charge in [-0.1, -0.05) is 0 Å². The number of aliphatic hydroxyl groups excluding tert-OH is 1. The Labute approximate surface area is 75.8 Å². The van der Waals surface area contributed by atoms with Crippen molar-refractivity contribution in [3.63, 3.8) is 0 Å². The minimum atomic E-state index is -1.03. The molecule has 1 heterocycles. The van der Waals surface area contributed by atoms with Crippen LogP contribution in [0.3, 0.4) is 0 Å². The Morgan fingerprint density at radius 3 is 2.54 bits per heavy atom. The van der Waals surface area contributed by atoms with Gasteiger partial charge in [0.25, 0.3) is 5.91 Å². The molecule has 5 heteroatoms. The van der Waals surface area contributed by atoms with Gasteiger partial charge in [0.15, 0.2) is 0 Å². The van der Waals surface area contributed by atoms with Crippen LogP contribution >= 0.6 is 0 Å². The van der Waals surface area contributed by atoms with Gasteiger partial charge in [0.05, 0.1) is 18.1 Å². The third kappa shape index (κ3) is 2.79. The molecule has 1 rings (SSSR count). The molecule has 0 bridgehead atoms. The van der Waals surface area contributed by atoms with Crippen LogP contribution in [0.2, 0.25) is 0 Å². The molecule has 0 aromatic carbocycles. The van der Waals surface area contributed by atoms with Crippen LogP contribution in [0.5, 0.6) is 0 Å². The van der Waals surface area contributed by atoms with Crippen molar-refractivity contribution < 1.29 is 9.90 Å². The Hall–Kier alpha value is -1.49. The molecule has 0 aliphatic heterocycles. The summed E-state index contributed by atoms with van der Waals surface area (Å²) in [7, 11) is 0. The lowest BCUT2D eigenvalue weighted by atomic mass is 10.3. The van der Waals surface area contributed by atoms with Crippen LogP contribution in [-0.4, -0.2) is 27.1 Å². The molecular formula is C8H11N3O2. The molecule has 0 saturated heterocycles. The molecule has 0 saturated carbocycles. The predicted octanol–water partition coefficient (Wildman–Crippen LogP) is 0.104. The molecule has 0 spiro atoms. The maximum atomic E-state index is 11.0. The molecule has 0 aliphatic rings. The second-order valence-electron chi connectivity index (χ2n) is 2.68. The quantitative estimate of drug-likeness (QED) is 0.678. The summed E-state index contributed by atoms with van der Waals surface area (Å²) in [6.07, 6.45) is 1.95. The fourth-order valence-electron chi connectivity index (χ4n) is 0.704. The molecule has 1 aromatic heterocycles. The molecule has 0 unspecified atom stereocenters. The highest BCUT2D eigenvalue weighted by atomic mass is 16.3.